The Kier molecular flexibility index (Phi) is 6.12. The number of halogens is 2. The number of alkyl halides is 2. The first-order valence-electron chi connectivity index (χ1n) is 9.33. The minimum Gasteiger partial charge on any atom is -0.389 e. The van der Waals surface area contributed by atoms with E-state index < -0.39 is 49.4 Å². The third kappa shape index (κ3) is 4.99. The van der Waals surface area contributed by atoms with Crippen LogP contribution in [0.1, 0.15) is 40.9 Å². The molecule has 1 unspecified atom stereocenters. The van der Waals surface area contributed by atoms with E-state index in [1.807, 2.05) is 12.1 Å². The molecule has 1 aromatic heterocycles. The summed E-state index contributed by atoms with van der Waals surface area (Å²) >= 11 is 0. The monoisotopic (exact) mass is 417 g/mol. The molecule has 1 aliphatic rings. The fourth-order valence-electron chi connectivity index (χ4n) is 3.21. The Balaban J connectivity index is 1.55. The number of nitrogens with zero attached hydrogens (tertiary/aromatic N) is 4. The molecular formula is C20H21F2N5O3. The molecule has 2 heterocycles. The molecule has 0 saturated carbocycles. The summed E-state index contributed by atoms with van der Waals surface area (Å²) < 4.78 is 28.4. The lowest BCUT2D eigenvalue weighted by molar-refractivity contribution is -0.131. The van der Waals surface area contributed by atoms with Crippen LogP contribution in [0, 0.1) is 11.3 Å². The fraction of sp³-hybridized carbons (Fsp3) is 0.400. The first-order chi connectivity index (χ1) is 14.2. The maximum absolute atomic E-state index is 13.4. The van der Waals surface area contributed by atoms with Crippen molar-refractivity contribution in [3.05, 3.63) is 53.3 Å². The molecule has 0 bridgehead atoms. The smallest absolute Gasteiger partial charge is 0.268 e. The molecule has 0 spiro atoms. The van der Waals surface area contributed by atoms with Crippen molar-refractivity contribution >= 4 is 11.8 Å². The molecule has 8 nitrogen and oxygen atoms in total. The van der Waals surface area contributed by atoms with Gasteiger partial charge in [0.15, 0.2) is 0 Å². The highest BCUT2D eigenvalue weighted by Crippen LogP contribution is 2.31. The van der Waals surface area contributed by atoms with Crippen LogP contribution in [0.4, 0.5) is 8.78 Å². The Morgan fingerprint density at radius 1 is 1.40 bits per heavy atom. The number of hydrogen-bond acceptors (Lipinski definition) is 5. The number of hydrogen-bond donors (Lipinski definition) is 2. The van der Waals surface area contributed by atoms with Gasteiger partial charge in [0.25, 0.3) is 11.8 Å². The number of nitrogens with one attached hydrogen (secondary N) is 1. The molecule has 158 valence electrons. The van der Waals surface area contributed by atoms with Gasteiger partial charge in [0, 0.05) is 12.6 Å². The van der Waals surface area contributed by atoms with Crippen LogP contribution in [0.3, 0.4) is 0 Å². The van der Waals surface area contributed by atoms with Gasteiger partial charge in [-0.3, -0.25) is 14.3 Å². The minimum absolute atomic E-state index is 0.215. The first-order valence-corrected chi connectivity index (χ1v) is 9.33. The Hall–Kier alpha value is -3.32. The molecule has 1 aromatic carbocycles. The number of carbonyl (C=O) groups is 2. The molecule has 30 heavy (non-hydrogen) atoms. The second-order valence-corrected chi connectivity index (χ2v) is 7.25. The van der Waals surface area contributed by atoms with E-state index in [4.69, 9.17) is 5.26 Å². The van der Waals surface area contributed by atoms with E-state index in [1.54, 1.807) is 29.8 Å². The zero-order valence-corrected chi connectivity index (χ0v) is 16.3. The molecular weight excluding hydrogens is 396 g/mol. The van der Waals surface area contributed by atoms with E-state index in [0.717, 1.165) is 16.0 Å². The Labute approximate surface area is 171 Å². The lowest BCUT2D eigenvalue weighted by Crippen LogP contribution is -2.42. The minimum atomic E-state index is -3.10. The standard InChI is InChI=1S/C20H21F2N5O3/c1-13(28)15-4-2-14(3-5-15)10-26-11-16(8-25-26)19(30)24-9-18(29)27-12-20(21,22)6-17(27)7-23/h2-5,8,11,13,17,28H,6,9-10,12H2,1H3,(H,24,30)/t13?,17-/m0/s1. The molecule has 2 aromatic rings. The normalized spacial score (nSPS) is 18.6. The lowest BCUT2D eigenvalue weighted by atomic mass is 10.1. The Morgan fingerprint density at radius 2 is 2.10 bits per heavy atom. The summed E-state index contributed by atoms with van der Waals surface area (Å²) in [6.45, 7) is 0.762. The Morgan fingerprint density at radius 3 is 2.73 bits per heavy atom. The SMILES string of the molecule is CC(O)c1ccc(Cn2cc(C(=O)NCC(=O)N3CC(F)(F)C[C@H]3C#N)cn2)cc1. The highest BCUT2D eigenvalue weighted by atomic mass is 19.3. The quantitative estimate of drug-likeness (QED) is 0.740. The summed E-state index contributed by atoms with van der Waals surface area (Å²) in [6, 6.07) is 7.79. The van der Waals surface area contributed by atoms with Crippen LogP contribution < -0.4 is 5.32 Å². The summed E-state index contributed by atoms with van der Waals surface area (Å²) in [5.74, 6) is -4.41. The van der Waals surface area contributed by atoms with Crippen molar-refractivity contribution in [1.82, 2.24) is 20.0 Å². The third-order valence-electron chi connectivity index (χ3n) is 4.84. The predicted octanol–water partition coefficient (Wildman–Crippen LogP) is 1.47. The van der Waals surface area contributed by atoms with Crippen molar-refractivity contribution in [2.45, 2.75) is 38.0 Å². The third-order valence-corrected chi connectivity index (χ3v) is 4.84. The van der Waals surface area contributed by atoms with Crippen molar-refractivity contribution in [3.63, 3.8) is 0 Å². The van der Waals surface area contributed by atoms with Gasteiger partial charge in [-0.25, -0.2) is 8.78 Å². The Bertz CT molecular complexity index is 966. The first kappa shape index (κ1) is 21.4. The van der Waals surface area contributed by atoms with E-state index in [0.29, 0.717) is 6.54 Å². The molecule has 1 saturated heterocycles. The van der Waals surface area contributed by atoms with E-state index in [-0.39, 0.29) is 5.56 Å². The van der Waals surface area contributed by atoms with Gasteiger partial charge in [0.1, 0.15) is 6.04 Å². The summed E-state index contributed by atoms with van der Waals surface area (Å²) in [5.41, 5.74) is 1.92. The maximum atomic E-state index is 13.4. The second-order valence-electron chi connectivity index (χ2n) is 7.25. The zero-order chi connectivity index (χ0) is 21.9. The highest BCUT2D eigenvalue weighted by molar-refractivity contribution is 5.96. The molecule has 3 rings (SSSR count). The van der Waals surface area contributed by atoms with Crippen LogP contribution in [0.5, 0.6) is 0 Å². The summed E-state index contributed by atoms with van der Waals surface area (Å²) in [6.07, 6.45) is 1.59. The van der Waals surface area contributed by atoms with Gasteiger partial charge in [0.05, 0.1) is 43.6 Å². The van der Waals surface area contributed by atoms with Crippen LogP contribution in [0.2, 0.25) is 0 Å². The van der Waals surface area contributed by atoms with Crippen molar-refractivity contribution in [3.8, 4) is 6.07 Å². The number of amides is 2. The van der Waals surface area contributed by atoms with Crippen LogP contribution in [0.15, 0.2) is 36.7 Å². The molecule has 0 radical (unpaired) electrons. The number of aliphatic hydroxyl groups is 1. The second kappa shape index (κ2) is 8.59. The average Bonchev–Trinajstić information content (AvgIpc) is 3.29. The maximum Gasteiger partial charge on any atom is 0.268 e. The fourth-order valence-corrected chi connectivity index (χ4v) is 3.21. The largest absolute Gasteiger partial charge is 0.389 e. The van der Waals surface area contributed by atoms with E-state index in [9.17, 15) is 23.5 Å². The number of carbonyl (C=O) groups excluding carboxylic acids is 2. The van der Waals surface area contributed by atoms with Crippen molar-refractivity contribution < 1.29 is 23.5 Å². The molecule has 1 fully saturated rings. The van der Waals surface area contributed by atoms with Gasteiger partial charge < -0.3 is 15.3 Å². The van der Waals surface area contributed by atoms with Gasteiger partial charge in [-0.15, -0.1) is 0 Å². The number of likely N-dealkylation sites (tertiary alicyclic amines) is 1. The van der Waals surface area contributed by atoms with E-state index >= 15 is 0 Å². The highest BCUT2D eigenvalue weighted by Gasteiger charge is 2.47. The number of nitriles is 1. The zero-order valence-electron chi connectivity index (χ0n) is 16.3. The van der Waals surface area contributed by atoms with Crippen LogP contribution in [-0.4, -0.2) is 56.7 Å². The molecule has 2 amide bonds. The number of aliphatic hydroxyl groups excluding tert-OH is 1. The molecule has 1 aliphatic heterocycles. The summed E-state index contributed by atoms with van der Waals surface area (Å²) in [7, 11) is 0. The lowest BCUT2D eigenvalue weighted by Gasteiger charge is -2.19. The van der Waals surface area contributed by atoms with Gasteiger partial charge >= 0.3 is 0 Å². The van der Waals surface area contributed by atoms with E-state index in [1.165, 1.54) is 12.4 Å². The van der Waals surface area contributed by atoms with Gasteiger partial charge in [-0.1, -0.05) is 24.3 Å². The molecule has 10 heteroatoms. The topological polar surface area (TPSA) is 111 Å². The van der Waals surface area contributed by atoms with Crippen molar-refractivity contribution in [1.29, 1.82) is 5.26 Å². The molecule has 2 N–H and O–H groups in total. The van der Waals surface area contributed by atoms with Crippen LogP contribution in [-0.2, 0) is 11.3 Å². The summed E-state index contributed by atoms with van der Waals surface area (Å²) in [4.78, 5) is 25.2. The van der Waals surface area contributed by atoms with Crippen molar-refractivity contribution in [2.24, 2.45) is 0 Å². The average molecular weight is 417 g/mol. The van der Waals surface area contributed by atoms with Gasteiger partial charge in [-0.2, -0.15) is 10.4 Å². The number of rotatable bonds is 6. The van der Waals surface area contributed by atoms with Gasteiger partial charge in [0.2, 0.25) is 5.91 Å². The van der Waals surface area contributed by atoms with Crippen LogP contribution >= 0.6 is 0 Å². The van der Waals surface area contributed by atoms with Crippen LogP contribution in [0.25, 0.3) is 0 Å². The number of aromatic nitrogens is 2. The van der Waals surface area contributed by atoms with Gasteiger partial charge in [-0.05, 0) is 18.1 Å². The predicted molar refractivity (Wildman–Crippen MR) is 101 cm³/mol. The number of benzene rings is 1. The summed E-state index contributed by atoms with van der Waals surface area (Å²) in [5, 5.41) is 25.0. The van der Waals surface area contributed by atoms with Crippen molar-refractivity contribution in [2.75, 3.05) is 13.1 Å². The molecule has 2 atom stereocenters. The van der Waals surface area contributed by atoms with E-state index in [2.05, 4.69) is 10.4 Å². The molecule has 0 aliphatic carbocycles.